The molecule has 0 radical (unpaired) electrons. The molecule has 2 aromatic carbocycles. The highest BCUT2D eigenvalue weighted by Gasteiger charge is 2.27. The molecule has 2 N–H and O–H groups in total. The molecule has 3 rings (SSSR count). The number of ether oxygens (including phenoxy) is 1. The number of carbonyl (C=O) groups is 2. The van der Waals surface area contributed by atoms with Crippen molar-refractivity contribution in [2.75, 3.05) is 30.8 Å². The molecular formula is C23H28ClN3O5S. The van der Waals surface area contributed by atoms with Gasteiger partial charge in [0.2, 0.25) is 15.9 Å². The molecule has 178 valence electrons. The van der Waals surface area contributed by atoms with Gasteiger partial charge in [0.05, 0.1) is 28.3 Å². The maximum Gasteiger partial charge on any atom is 0.259 e. The van der Waals surface area contributed by atoms with Crippen molar-refractivity contribution in [2.45, 2.75) is 43.9 Å². The van der Waals surface area contributed by atoms with Crippen molar-refractivity contribution in [3.63, 3.8) is 0 Å². The standard InChI is InChI=1S/C23H28ClN3O5S/c1-3-22(28)25-16-8-10-19(24)20(14-16)26-23(29)18-15-17(9-11-21(18)32-2)33(30,31)27-12-6-4-5-7-13-27/h8-11,14-15H,3-7,12-13H2,1-2H3,(H,25,28)(H,26,29). The van der Waals surface area contributed by atoms with Crippen LogP contribution in [0.25, 0.3) is 0 Å². The van der Waals surface area contributed by atoms with Gasteiger partial charge in [0.25, 0.3) is 5.91 Å². The lowest BCUT2D eigenvalue weighted by molar-refractivity contribution is -0.115. The van der Waals surface area contributed by atoms with Gasteiger partial charge in [-0.05, 0) is 49.2 Å². The minimum atomic E-state index is -3.75. The molecule has 1 aliphatic heterocycles. The van der Waals surface area contributed by atoms with Crippen LogP contribution < -0.4 is 15.4 Å². The fraction of sp³-hybridized carbons (Fsp3) is 0.391. The van der Waals surface area contributed by atoms with E-state index in [2.05, 4.69) is 10.6 Å². The Morgan fingerprint density at radius 1 is 1.03 bits per heavy atom. The number of methoxy groups -OCH3 is 1. The second-order valence-corrected chi connectivity index (χ2v) is 10.1. The van der Waals surface area contributed by atoms with Crippen LogP contribution in [0, 0.1) is 0 Å². The van der Waals surface area contributed by atoms with E-state index in [0.29, 0.717) is 25.2 Å². The third kappa shape index (κ3) is 6.04. The first kappa shape index (κ1) is 25.0. The zero-order chi connectivity index (χ0) is 24.0. The molecule has 0 atom stereocenters. The molecule has 0 saturated carbocycles. The Hall–Kier alpha value is -2.62. The van der Waals surface area contributed by atoms with Crippen LogP contribution in [0.15, 0.2) is 41.3 Å². The minimum Gasteiger partial charge on any atom is -0.496 e. The first-order valence-corrected chi connectivity index (χ1v) is 12.7. The van der Waals surface area contributed by atoms with E-state index in [4.69, 9.17) is 16.3 Å². The molecule has 0 unspecified atom stereocenters. The lowest BCUT2D eigenvalue weighted by atomic mass is 10.1. The SMILES string of the molecule is CCC(=O)Nc1ccc(Cl)c(NC(=O)c2cc(S(=O)(=O)N3CCCCCC3)ccc2OC)c1. The van der Waals surface area contributed by atoms with Gasteiger partial charge in [-0.15, -0.1) is 0 Å². The Bertz CT molecular complexity index is 1130. The van der Waals surface area contributed by atoms with E-state index < -0.39 is 15.9 Å². The van der Waals surface area contributed by atoms with E-state index >= 15 is 0 Å². The number of carbonyl (C=O) groups excluding carboxylic acids is 2. The molecule has 1 heterocycles. The number of nitrogens with one attached hydrogen (secondary N) is 2. The Labute approximate surface area is 199 Å². The van der Waals surface area contributed by atoms with Crippen LogP contribution in [0.5, 0.6) is 5.75 Å². The first-order chi connectivity index (χ1) is 15.8. The van der Waals surface area contributed by atoms with Crippen LogP contribution in [0.2, 0.25) is 5.02 Å². The molecule has 33 heavy (non-hydrogen) atoms. The normalized spacial score (nSPS) is 14.9. The van der Waals surface area contributed by atoms with E-state index in [0.717, 1.165) is 25.7 Å². The monoisotopic (exact) mass is 493 g/mol. The number of anilines is 2. The summed E-state index contributed by atoms with van der Waals surface area (Å²) in [5.41, 5.74) is 0.817. The molecule has 0 spiro atoms. The molecule has 2 amide bonds. The molecule has 2 aromatic rings. The highest BCUT2D eigenvalue weighted by atomic mass is 35.5. The van der Waals surface area contributed by atoms with Crippen molar-refractivity contribution in [3.05, 3.63) is 47.0 Å². The van der Waals surface area contributed by atoms with E-state index in [1.54, 1.807) is 19.1 Å². The van der Waals surface area contributed by atoms with E-state index in [-0.39, 0.29) is 32.8 Å². The van der Waals surface area contributed by atoms with Crippen LogP contribution in [0.1, 0.15) is 49.4 Å². The molecule has 0 bridgehead atoms. The fourth-order valence-electron chi connectivity index (χ4n) is 3.59. The van der Waals surface area contributed by atoms with Gasteiger partial charge in [0.1, 0.15) is 5.75 Å². The smallest absolute Gasteiger partial charge is 0.259 e. The zero-order valence-electron chi connectivity index (χ0n) is 18.7. The number of benzene rings is 2. The number of halogens is 1. The fourth-order valence-corrected chi connectivity index (χ4v) is 5.30. The van der Waals surface area contributed by atoms with Gasteiger partial charge >= 0.3 is 0 Å². The van der Waals surface area contributed by atoms with Gasteiger partial charge in [-0.3, -0.25) is 9.59 Å². The Morgan fingerprint density at radius 3 is 2.36 bits per heavy atom. The number of nitrogens with zero attached hydrogens (tertiary/aromatic N) is 1. The summed E-state index contributed by atoms with van der Waals surface area (Å²) in [5.74, 6) is -0.530. The lowest BCUT2D eigenvalue weighted by Gasteiger charge is -2.21. The molecule has 1 saturated heterocycles. The van der Waals surface area contributed by atoms with Crippen LogP contribution >= 0.6 is 11.6 Å². The van der Waals surface area contributed by atoms with Gasteiger partial charge in [-0.2, -0.15) is 4.31 Å². The summed E-state index contributed by atoms with van der Waals surface area (Å²) in [6, 6.07) is 8.96. The number of hydrogen-bond donors (Lipinski definition) is 2. The number of sulfonamides is 1. The molecule has 1 fully saturated rings. The second kappa shape index (κ2) is 11.0. The second-order valence-electron chi connectivity index (χ2n) is 7.73. The predicted octanol–water partition coefficient (Wildman–Crippen LogP) is 4.51. The number of rotatable bonds is 7. The van der Waals surface area contributed by atoms with Crippen LogP contribution in [-0.4, -0.2) is 44.7 Å². The van der Waals surface area contributed by atoms with Crippen molar-refractivity contribution in [3.8, 4) is 5.75 Å². The number of hydrogen-bond acceptors (Lipinski definition) is 5. The molecule has 0 aromatic heterocycles. The zero-order valence-corrected chi connectivity index (χ0v) is 20.3. The van der Waals surface area contributed by atoms with Crippen LogP contribution in [-0.2, 0) is 14.8 Å². The molecule has 10 heteroatoms. The van der Waals surface area contributed by atoms with E-state index in [1.807, 2.05) is 0 Å². The summed E-state index contributed by atoms with van der Waals surface area (Å²) < 4.78 is 33.2. The minimum absolute atomic E-state index is 0.0328. The first-order valence-electron chi connectivity index (χ1n) is 10.8. The summed E-state index contributed by atoms with van der Waals surface area (Å²) in [4.78, 5) is 24.8. The Morgan fingerprint density at radius 2 is 1.73 bits per heavy atom. The summed E-state index contributed by atoms with van der Waals surface area (Å²) in [6.07, 6.45) is 3.93. The van der Waals surface area contributed by atoms with Gasteiger partial charge in [-0.1, -0.05) is 31.4 Å². The van der Waals surface area contributed by atoms with Crippen molar-refractivity contribution in [1.29, 1.82) is 0 Å². The van der Waals surface area contributed by atoms with Gasteiger partial charge in [0.15, 0.2) is 0 Å². The van der Waals surface area contributed by atoms with E-state index in [9.17, 15) is 18.0 Å². The summed E-state index contributed by atoms with van der Waals surface area (Å²) in [7, 11) is -2.34. The third-order valence-electron chi connectivity index (χ3n) is 5.44. The number of amides is 2. The highest BCUT2D eigenvalue weighted by Crippen LogP contribution is 2.30. The lowest BCUT2D eigenvalue weighted by Crippen LogP contribution is -2.32. The maximum absolute atomic E-state index is 13.2. The molecule has 8 nitrogen and oxygen atoms in total. The van der Waals surface area contributed by atoms with Crippen molar-refractivity contribution < 1.29 is 22.7 Å². The van der Waals surface area contributed by atoms with Gasteiger partial charge in [0, 0.05) is 25.2 Å². The largest absolute Gasteiger partial charge is 0.496 e. The summed E-state index contributed by atoms with van der Waals surface area (Å²) in [5, 5.41) is 5.67. The maximum atomic E-state index is 13.2. The predicted molar refractivity (Wildman–Crippen MR) is 129 cm³/mol. The molecule has 0 aliphatic carbocycles. The van der Waals surface area contributed by atoms with Crippen molar-refractivity contribution in [1.82, 2.24) is 4.31 Å². The Balaban J connectivity index is 1.90. The van der Waals surface area contributed by atoms with Crippen molar-refractivity contribution >= 4 is 44.8 Å². The summed E-state index contributed by atoms with van der Waals surface area (Å²) in [6.45, 7) is 2.65. The van der Waals surface area contributed by atoms with E-state index in [1.165, 1.54) is 35.7 Å². The average Bonchev–Trinajstić information content (AvgIpc) is 3.11. The topological polar surface area (TPSA) is 105 Å². The molecule has 1 aliphatic rings. The van der Waals surface area contributed by atoms with Crippen LogP contribution in [0.4, 0.5) is 11.4 Å². The van der Waals surface area contributed by atoms with Gasteiger partial charge in [-0.25, -0.2) is 8.42 Å². The highest BCUT2D eigenvalue weighted by molar-refractivity contribution is 7.89. The summed E-state index contributed by atoms with van der Waals surface area (Å²) >= 11 is 6.23. The quantitative estimate of drug-likeness (QED) is 0.590. The average molecular weight is 494 g/mol. The Kier molecular flexibility index (Phi) is 8.34. The third-order valence-corrected chi connectivity index (χ3v) is 7.66. The van der Waals surface area contributed by atoms with Crippen LogP contribution in [0.3, 0.4) is 0 Å². The van der Waals surface area contributed by atoms with Gasteiger partial charge < -0.3 is 15.4 Å². The molecular weight excluding hydrogens is 466 g/mol. The van der Waals surface area contributed by atoms with Crippen molar-refractivity contribution in [2.24, 2.45) is 0 Å².